The lowest BCUT2D eigenvalue weighted by molar-refractivity contribution is 0.221. The van der Waals surface area contributed by atoms with Crippen molar-refractivity contribution in [1.29, 1.82) is 0 Å². The molecule has 17 heavy (non-hydrogen) atoms. The fraction of sp³-hybridized carbons (Fsp3) is 0.250. The topological polar surface area (TPSA) is 53.1 Å². The highest BCUT2D eigenvalue weighted by Crippen LogP contribution is 2.16. The number of halogens is 1. The van der Waals surface area contributed by atoms with Gasteiger partial charge in [0, 0.05) is 6.20 Å². The van der Waals surface area contributed by atoms with Gasteiger partial charge in [0.2, 0.25) is 0 Å². The highest BCUT2D eigenvalue weighted by molar-refractivity contribution is 6.32. The number of anilines is 1. The van der Waals surface area contributed by atoms with Gasteiger partial charge in [0.1, 0.15) is 10.8 Å². The van der Waals surface area contributed by atoms with Crippen molar-refractivity contribution in [2.45, 2.75) is 20.1 Å². The second-order valence-corrected chi connectivity index (χ2v) is 4.08. The number of aromatic nitrogens is 2. The summed E-state index contributed by atoms with van der Waals surface area (Å²) in [4.78, 5) is 0. The smallest absolute Gasteiger partial charge is 0.181 e. The average molecular weight is 252 g/mol. The zero-order valence-corrected chi connectivity index (χ0v) is 10.3. The maximum atomic E-state index is 5.79. The number of rotatable bonds is 4. The van der Waals surface area contributed by atoms with Crippen molar-refractivity contribution < 1.29 is 4.74 Å². The van der Waals surface area contributed by atoms with E-state index in [4.69, 9.17) is 22.1 Å². The summed E-state index contributed by atoms with van der Waals surface area (Å²) in [5.74, 6) is 1.11. The van der Waals surface area contributed by atoms with Crippen LogP contribution in [0.5, 0.6) is 5.75 Å². The molecule has 2 N–H and O–H groups in total. The second kappa shape index (κ2) is 5.10. The third-order valence-corrected chi connectivity index (χ3v) is 2.73. The number of hydrogen-bond acceptors (Lipinski definition) is 3. The molecule has 1 aromatic carbocycles. The van der Waals surface area contributed by atoms with E-state index in [1.54, 1.807) is 10.9 Å². The van der Waals surface area contributed by atoms with Gasteiger partial charge < -0.3 is 10.5 Å². The summed E-state index contributed by atoms with van der Waals surface area (Å²) in [5, 5.41) is 4.44. The first-order valence-corrected chi connectivity index (χ1v) is 5.77. The Kier molecular flexibility index (Phi) is 3.54. The number of ether oxygens (including phenoxy) is 1. The van der Waals surface area contributed by atoms with Crippen molar-refractivity contribution >= 4 is 17.4 Å². The predicted octanol–water partition coefficient (Wildman–Crippen LogP) is 2.72. The first-order chi connectivity index (χ1) is 8.19. The summed E-state index contributed by atoms with van der Waals surface area (Å²) < 4.78 is 7.11. The molecular weight excluding hydrogens is 238 g/mol. The van der Waals surface area contributed by atoms with Crippen molar-refractivity contribution in [1.82, 2.24) is 9.78 Å². The van der Waals surface area contributed by atoms with Crippen LogP contribution in [0, 0.1) is 0 Å². The van der Waals surface area contributed by atoms with Gasteiger partial charge >= 0.3 is 0 Å². The minimum absolute atomic E-state index is 0.294. The highest BCUT2D eigenvalue weighted by atomic mass is 35.5. The standard InChI is InChI=1S/C12H14ClN3O/c1-2-9-3-5-10(6-4-9)17-8-16-7-11(13)12(14)15-16/h3-7H,2,8H2,1H3,(H2,14,15). The van der Waals surface area contributed by atoms with E-state index in [9.17, 15) is 0 Å². The molecule has 0 spiro atoms. The van der Waals surface area contributed by atoms with Gasteiger partial charge in [0.25, 0.3) is 0 Å². The molecule has 1 heterocycles. The molecule has 0 radical (unpaired) electrons. The maximum absolute atomic E-state index is 5.79. The summed E-state index contributed by atoms with van der Waals surface area (Å²) in [5.41, 5.74) is 6.81. The highest BCUT2D eigenvalue weighted by Gasteiger charge is 2.02. The molecule has 0 bridgehead atoms. The van der Waals surface area contributed by atoms with E-state index in [1.165, 1.54) is 5.56 Å². The van der Waals surface area contributed by atoms with Gasteiger partial charge in [-0.1, -0.05) is 30.7 Å². The van der Waals surface area contributed by atoms with Crippen LogP contribution in [0.25, 0.3) is 0 Å². The minimum Gasteiger partial charge on any atom is -0.471 e. The van der Waals surface area contributed by atoms with Crippen LogP contribution in [0.1, 0.15) is 12.5 Å². The quantitative estimate of drug-likeness (QED) is 0.909. The lowest BCUT2D eigenvalue weighted by Gasteiger charge is -2.06. The largest absolute Gasteiger partial charge is 0.471 e. The fourth-order valence-electron chi connectivity index (χ4n) is 1.44. The molecular formula is C12H14ClN3O. The Morgan fingerprint density at radius 1 is 1.35 bits per heavy atom. The van der Waals surface area contributed by atoms with E-state index in [-0.39, 0.29) is 0 Å². The van der Waals surface area contributed by atoms with Crippen LogP contribution >= 0.6 is 11.6 Å². The van der Waals surface area contributed by atoms with Gasteiger partial charge in [0.15, 0.2) is 12.5 Å². The SMILES string of the molecule is CCc1ccc(OCn2cc(Cl)c(N)n2)cc1. The molecule has 2 aromatic rings. The fourth-order valence-corrected chi connectivity index (χ4v) is 1.59. The lowest BCUT2D eigenvalue weighted by Crippen LogP contribution is -2.06. The molecule has 2 rings (SSSR count). The van der Waals surface area contributed by atoms with Crippen molar-refractivity contribution in [3.63, 3.8) is 0 Å². The van der Waals surface area contributed by atoms with Gasteiger partial charge in [-0.25, -0.2) is 4.68 Å². The number of nitrogen functional groups attached to an aromatic ring is 1. The number of benzene rings is 1. The molecule has 0 aliphatic carbocycles. The van der Waals surface area contributed by atoms with Crippen molar-refractivity contribution in [3.8, 4) is 5.75 Å². The van der Waals surface area contributed by atoms with E-state index in [1.807, 2.05) is 24.3 Å². The Hall–Kier alpha value is -1.68. The number of hydrogen-bond donors (Lipinski definition) is 1. The predicted molar refractivity (Wildman–Crippen MR) is 68.1 cm³/mol. The van der Waals surface area contributed by atoms with Gasteiger partial charge in [-0.2, -0.15) is 5.10 Å². The van der Waals surface area contributed by atoms with Crippen LogP contribution in [0.3, 0.4) is 0 Å². The molecule has 5 heteroatoms. The lowest BCUT2D eigenvalue weighted by atomic mass is 10.2. The molecule has 0 amide bonds. The summed E-state index contributed by atoms with van der Waals surface area (Å²) in [6.07, 6.45) is 2.66. The van der Waals surface area contributed by atoms with Gasteiger partial charge in [-0.15, -0.1) is 0 Å². The molecule has 0 fully saturated rings. The molecule has 1 aromatic heterocycles. The van der Waals surface area contributed by atoms with Crippen LogP contribution in [-0.4, -0.2) is 9.78 Å². The van der Waals surface area contributed by atoms with Crippen molar-refractivity contribution in [3.05, 3.63) is 41.0 Å². The molecule has 0 atom stereocenters. The van der Waals surface area contributed by atoms with Crippen LogP contribution in [0.4, 0.5) is 5.82 Å². The maximum Gasteiger partial charge on any atom is 0.181 e. The van der Waals surface area contributed by atoms with Crippen LogP contribution in [0.2, 0.25) is 5.02 Å². The summed E-state index contributed by atoms with van der Waals surface area (Å²) in [7, 11) is 0. The molecule has 90 valence electrons. The number of nitrogens with zero attached hydrogens (tertiary/aromatic N) is 2. The Labute approximate surface area is 105 Å². The monoisotopic (exact) mass is 251 g/mol. The third-order valence-electron chi connectivity index (χ3n) is 2.44. The summed E-state index contributed by atoms with van der Waals surface area (Å²) in [6, 6.07) is 7.96. The van der Waals surface area contributed by atoms with Crippen LogP contribution in [-0.2, 0) is 13.2 Å². The van der Waals surface area contributed by atoms with Gasteiger partial charge in [-0.3, -0.25) is 0 Å². The molecule has 0 saturated carbocycles. The Balaban J connectivity index is 1.97. The number of nitrogens with two attached hydrogens (primary N) is 1. The normalized spacial score (nSPS) is 10.5. The Morgan fingerprint density at radius 2 is 2.06 bits per heavy atom. The first kappa shape index (κ1) is 11.8. The average Bonchev–Trinajstić information content (AvgIpc) is 2.67. The van der Waals surface area contributed by atoms with E-state index >= 15 is 0 Å². The Morgan fingerprint density at radius 3 is 2.59 bits per heavy atom. The van der Waals surface area contributed by atoms with Gasteiger partial charge in [-0.05, 0) is 24.1 Å². The van der Waals surface area contributed by atoms with Crippen molar-refractivity contribution in [2.24, 2.45) is 0 Å². The summed E-state index contributed by atoms with van der Waals surface area (Å²) in [6.45, 7) is 2.41. The summed E-state index contributed by atoms with van der Waals surface area (Å²) >= 11 is 5.79. The molecule has 4 nitrogen and oxygen atoms in total. The second-order valence-electron chi connectivity index (χ2n) is 3.67. The molecule has 0 saturated heterocycles. The van der Waals surface area contributed by atoms with Crippen molar-refractivity contribution in [2.75, 3.05) is 5.73 Å². The third kappa shape index (κ3) is 2.91. The minimum atomic E-state index is 0.294. The number of aryl methyl sites for hydroxylation is 1. The van der Waals surface area contributed by atoms with E-state index in [0.717, 1.165) is 12.2 Å². The van der Waals surface area contributed by atoms with E-state index in [0.29, 0.717) is 17.6 Å². The molecule has 0 aliphatic heterocycles. The van der Waals surface area contributed by atoms with Crippen LogP contribution in [0.15, 0.2) is 30.5 Å². The van der Waals surface area contributed by atoms with E-state index in [2.05, 4.69) is 12.0 Å². The molecule has 0 aliphatic rings. The zero-order chi connectivity index (χ0) is 12.3. The first-order valence-electron chi connectivity index (χ1n) is 5.39. The molecule has 0 unspecified atom stereocenters. The Bertz CT molecular complexity index is 473. The van der Waals surface area contributed by atoms with Gasteiger partial charge in [0.05, 0.1) is 0 Å². The van der Waals surface area contributed by atoms with E-state index < -0.39 is 0 Å². The zero-order valence-electron chi connectivity index (χ0n) is 9.56. The van der Waals surface area contributed by atoms with Crippen LogP contribution < -0.4 is 10.5 Å².